The van der Waals surface area contributed by atoms with E-state index in [0.29, 0.717) is 22.4 Å². The largest absolute Gasteiger partial charge is 0.493 e. The maximum absolute atomic E-state index is 12.3. The highest BCUT2D eigenvalue weighted by Gasteiger charge is 2.11. The van der Waals surface area contributed by atoms with E-state index >= 15 is 0 Å². The van der Waals surface area contributed by atoms with Crippen LogP contribution in [0.4, 0.5) is 5.13 Å². The SMILES string of the molecule is COc1ccc(-c2csc(NC(=O)COc3ccc4ccccc4c3)n2)cc1OC. The molecule has 0 aliphatic carbocycles. The van der Waals surface area contributed by atoms with E-state index in [1.807, 2.05) is 66.0 Å². The van der Waals surface area contributed by atoms with E-state index in [1.54, 1.807) is 14.2 Å². The molecule has 1 heterocycles. The molecular formula is C23H20N2O4S. The summed E-state index contributed by atoms with van der Waals surface area (Å²) in [5, 5.41) is 7.35. The number of methoxy groups -OCH3 is 2. The van der Waals surface area contributed by atoms with Crippen LogP contribution in [0.2, 0.25) is 0 Å². The van der Waals surface area contributed by atoms with E-state index in [0.717, 1.165) is 22.0 Å². The molecule has 7 heteroatoms. The number of ether oxygens (including phenoxy) is 3. The highest BCUT2D eigenvalue weighted by Crippen LogP contribution is 2.33. The molecule has 0 bridgehead atoms. The Morgan fingerprint density at radius 2 is 1.77 bits per heavy atom. The lowest BCUT2D eigenvalue weighted by Crippen LogP contribution is -2.20. The number of nitrogens with one attached hydrogen (secondary N) is 1. The van der Waals surface area contributed by atoms with Gasteiger partial charge in [0.1, 0.15) is 5.75 Å². The molecule has 1 N–H and O–H groups in total. The molecule has 0 unspecified atom stereocenters. The average molecular weight is 420 g/mol. The third-order valence-electron chi connectivity index (χ3n) is 4.52. The number of carbonyl (C=O) groups excluding carboxylic acids is 1. The van der Waals surface area contributed by atoms with Gasteiger partial charge in [-0.05, 0) is 41.1 Å². The molecule has 0 saturated heterocycles. The molecule has 0 fully saturated rings. The molecule has 4 rings (SSSR count). The van der Waals surface area contributed by atoms with Gasteiger partial charge >= 0.3 is 0 Å². The zero-order valence-electron chi connectivity index (χ0n) is 16.5. The molecule has 4 aromatic rings. The molecular weight excluding hydrogens is 400 g/mol. The van der Waals surface area contributed by atoms with Crippen molar-refractivity contribution in [1.29, 1.82) is 0 Å². The maximum atomic E-state index is 12.3. The van der Waals surface area contributed by atoms with Crippen molar-refractivity contribution in [3.05, 3.63) is 66.0 Å². The molecule has 0 spiro atoms. The summed E-state index contributed by atoms with van der Waals surface area (Å²) in [5.41, 5.74) is 1.61. The van der Waals surface area contributed by atoms with E-state index in [9.17, 15) is 4.79 Å². The summed E-state index contributed by atoms with van der Waals surface area (Å²) in [7, 11) is 3.18. The van der Waals surface area contributed by atoms with Crippen LogP contribution in [0.1, 0.15) is 0 Å². The summed E-state index contributed by atoms with van der Waals surface area (Å²) in [6.07, 6.45) is 0. The molecule has 30 heavy (non-hydrogen) atoms. The number of rotatable bonds is 7. The van der Waals surface area contributed by atoms with Crippen LogP contribution in [0.15, 0.2) is 66.0 Å². The van der Waals surface area contributed by atoms with Gasteiger partial charge in [0, 0.05) is 10.9 Å². The minimum atomic E-state index is -0.267. The van der Waals surface area contributed by atoms with E-state index in [4.69, 9.17) is 14.2 Å². The summed E-state index contributed by atoms with van der Waals surface area (Å²) in [6.45, 7) is -0.0936. The first kappa shape index (κ1) is 19.7. The van der Waals surface area contributed by atoms with Crippen LogP contribution in [0, 0.1) is 0 Å². The van der Waals surface area contributed by atoms with E-state index in [1.165, 1.54) is 11.3 Å². The van der Waals surface area contributed by atoms with Crippen molar-refractivity contribution in [2.24, 2.45) is 0 Å². The maximum Gasteiger partial charge on any atom is 0.264 e. The number of benzene rings is 3. The molecule has 152 valence electrons. The van der Waals surface area contributed by atoms with E-state index in [2.05, 4.69) is 10.3 Å². The Hall–Kier alpha value is -3.58. The minimum absolute atomic E-state index is 0.0936. The quantitative estimate of drug-likeness (QED) is 0.456. The van der Waals surface area contributed by atoms with Crippen LogP contribution in [-0.4, -0.2) is 31.7 Å². The number of carbonyl (C=O) groups is 1. The molecule has 0 saturated carbocycles. The Bertz CT molecular complexity index is 1190. The van der Waals surface area contributed by atoms with Crippen molar-refractivity contribution in [2.45, 2.75) is 0 Å². The lowest BCUT2D eigenvalue weighted by Gasteiger charge is -2.08. The van der Waals surface area contributed by atoms with E-state index < -0.39 is 0 Å². The summed E-state index contributed by atoms with van der Waals surface area (Å²) in [4.78, 5) is 16.8. The number of nitrogens with zero attached hydrogens (tertiary/aromatic N) is 1. The topological polar surface area (TPSA) is 69.7 Å². The standard InChI is InChI=1S/C23H20N2O4S/c1-27-20-10-8-17(12-21(20)28-2)19-14-30-23(24-19)25-22(26)13-29-18-9-7-15-5-3-4-6-16(15)11-18/h3-12,14H,13H2,1-2H3,(H,24,25,26). The van der Waals surface area contributed by atoms with Gasteiger partial charge < -0.3 is 14.2 Å². The van der Waals surface area contributed by atoms with Gasteiger partial charge in [-0.2, -0.15) is 0 Å². The van der Waals surface area contributed by atoms with Crippen molar-refractivity contribution in [3.63, 3.8) is 0 Å². The molecule has 0 aliphatic heterocycles. The molecule has 0 radical (unpaired) electrons. The lowest BCUT2D eigenvalue weighted by atomic mass is 10.1. The number of amides is 1. The zero-order chi connectivity index (χ0) is 20.9. The highest BCUT2D eigenvalue weighted by molar-refractivity contribution is 7.14. The molecule has 0 atom stereocenters. The number of aromatic nitrogens is 1. The minimum Gasteiger partial charge on any atom is -0.493 e. The Balaban J connectivity index is 1.39. The van der Waals surface area contributed by atoms with Crippen LogP contribution < -0.4 is 19.5 Å². The number of fused-ring (bicyclic) bond motifs is 1. The molecule has 1 aromatic heterocycles. The van der Waals surface area contributed by atoms with Crippen molar-refractivity contribution in [2.75, 3.05) is 26.1 Å². The number of hydrogen-bond acceptors (Lipinski definition) is 6. The van der Waals surface area contributed by atoms with Crippen molar-refractivity contribution in [3.8, 4) is 28.5 Å². The fraction of sp³-hybridized carbons (Fsp3) is 0.130. The lowest BCUT2D eigenvalue weighted by molar-refractivity contribution is -0.118. The highest BCUT2D eigenvalue weighted by atomic mass is 32.1. The fourth-order valence-electron chi connectivity index (χ4n) is 3.02. The third kappa shape index (κ3) is 4.36. The summed E-state index contributed by atoms with van der Waals surface area (Å²) < 4.78 is 16.2. The fourth-order valence-corrected chi connectivity index (χ4v) is 3.76. The Morgan fingerprint density at radius 1 is 0.967 bits per heavy atom. The smallest absolute Gasteiger partial charge is 0.264 e. The van der Waals surface area contributed by atoms with E-state index in [-0.39, 0.29) is 12.5 Å². The van der Waals surface area contributed by atoms with Gasteiger partial charge in [0.25, 0.3) is 5.91 Å². The predicted molar refractivity (Wildman–Crippen MR) is 119 cm³/mol. The Morgan fingerprint density at radius 3 is 2.57 bits per heavy atom. The molecule has 3 aromatic carbocycles. The Kier molecular flexibility index (Phi) is 5.81. The monoisotopic (exact) mass is 420 g/mol. The van der Waals surface area contributed by atoms with Crippen LogP contribution in [0.5, 0.6) is 17.2 Å². The number of hydrogen-bond donors (Lipinski definition) is 1. The van der Waals surface area contributed by atoms with Crippen molar-refractivity contribution in [1.82, 2.24) is 4.98 Å². The third-order valence-corrected chi connectivity index (χ3v) is 5.28. The first-order valence-electron chi connectivity index (χ1n) is 9.25. The second-order valence-corrected chi connectivity index (χ2v) is 7.31. The average Bonchev–Trinajstić information content (AvgIpc) is 3.25. The molecule has 0 aliphatic rings. The summed E-state index contributed by atoms with van der Waals surface area (Å²) in [6, 6.07) is 19.3. The molecule has 6 nitrogen and oxygen atoms in total. The second-order valence-electron chi connectivity index (χ2n) is 6.45. The second kappa shape index (κ2) is 8.84. The van der Waals surface area contributed by atoms with Crippen LogP contribution >= 0.6 is 11.3 Å². The van der Waals surface area contributed by atoms with Crippen LogP contribution in [0.25, 0.3) is 22.0 Å². The summed E-state index contributed by atoms with van der Waals surface area (Å²) >= 11 is 1.35. The normalized spacial score (nSPS) is 10.6. The van der Waals surface area contributed by atoms with Gasteiger partial charge in [0.15, 0.2) is 23.2 Å². The number of anilines is 1. The van der Waals surface area contributed by atoms with Crippen LogP contribution in [-0.2, 0) is 4.79 Å². The van der Waals surface area contributed by atoms with Gasteiger partial charge in [-0.3, -0.25) is 10.1 Å². The zero-order valence-corrected chi connectivity index (χ0v) is 17.4. The Labute approximate surface area is 178 Å². The molecule has 1 amide bonds. The van der Waals surface area contributed by atoms with Crippen molar-refractivity contribution >= 4 is 33.1 Å². The van der Waals surface area contributed by atoms with Gasteiger partial charge in [-0.15, -0.1) is 11.3 Å². The first-order valence-corrected chi connectivity index (χ1v) is 10.1. The summed E-state index contributed by atoms with van der Waals surface area (Å²) in [5.74, 6) is 1.65. The van der Waals surface area contributed by atoms with Gasteiger partial charge in [-0.25, -0.2) is 4.98 Å². The number of thiazole rings is 1. The van der Waals surface area contributed by atoms with Crippen molar-refractivity contribution < 1.29 is 19.0 Å². The first-order chi connectivity index (χ1) is 14.7. The van der Waals surface area contributed by atoms with Gasteiger partial charge in [-0.1, -0.05) is 30.3 Å². The van der Waals surface area contributed by atoms with Crippen LogP contribution in [0.3, 0.4) is 0 Å². The predicted octanol–water partition coefficient (Wildman–Crippen LogP) is 5.00. The van der Waals surface area contributed by atoms with Gasteiger partial charge in [0.05, 0.1) is 19.9 Å². The van der Waals surface area contributed by atoms with Gasteiger partial charge in [0.2, 0.25) is 0 Å².